The van der Waals surface area contributed by atoms with Gasteiger partial charge in [-0.25, -0.2) is 0 Å². The number of benzene rings is 2. The second kappa shape index (κ2) is 8.89. The molecule has 160 valence electrons. The number of hydrogen-bond donors (Lipinski definition) is 1. The van der Waals surface area contributed by atoms with Crippen LogP contribution in [0.15, 0.2) is 66.9 Å². The molecule has 0 radical (unpaired) electrons. The molecule has 3 aliphatic rings. The van der Waals surface area contributed by atoms with Crippen LogP contribution in [-0.2, 0) is 17.9 Å². The van der Waals surface area contributed by atoms with E-state index in [0.717, 1.165) is 49.6 Å². The Hall–Kier alpha value is -3.19. The summed E-state index contributed by atoms with van der Waals surface area (Å²) in [5.74, 6) is 1.44. The lowest BCUT2D eigenvalue weighted by Crippen LogP contribution is -2.57. The first-order valence-corrected chi connectivity index (χ1v) is 10.9. The van der Waals surface area contributed by atoms with Gasteiger partial charge in [0.05, 0.1) is 18.7 Å². The van der Waals surface area contributed by atoms with Crippen molar-refractivity contribution in [2.45, 2.75) is 32.0 Å². The van der Waals surface area contributed by atoms with Crippen LogP contribution in [0.2, 0.25) is 0 Å². The average Bonchev–Trinajstić information content (AvgIpc) is 3.27. The molecule has 7 heteroatoms. The van der Waals surface area contributed by atoms with Gasteiger partial charge in [0.1, 0.15) is 18.1 Å². The normalized spacial score (nSPS) is 24.6. The predicted molar refractivity (Wildman–Crippen MR) is 117 cm³/mol. The molecule has 0 saturated carbocycles. The number of hydrogen-bond acceptors (Lipinski definition) is 5. The zero-order valence-electron chi connectivity index (χ0n) is 17.4. The van der Waals surface area contributed by atoms with Gasteiger partial charge in [0.15, 0.2) is 0 Å². The molecule has 3 saturated heterocycles. The highest BCUT2D eigenvalue weighted by Gasteiger charge is 2.43. The minimum Gasteiger partial charge on any atom is -0.487 e. The fourth-order valence-electron chi connectivity index (χ4n) is 4.77. The van der Waals surface area contributed by atoms with E-state index < -0.39 is 0 Å². The summed E-state index contributed by atoms with van der Waals surface area (Å²) >= 11 is 0. The van der Waals surface area contributed by atoms with Crippen LogP contribution in [0, 0.1) is 11.8 Å². The van der Waals surface area contributed by atoms with Crippen molar-refractivity contribution in [3.8, 4) is 5.75 Å². The van der Waals surface area contributed by atoms with Gasteiger partial charge in [-0.2, -0.15) is 0 Å². The summed E-state index contributed by atoms with van der Waals surface area (Å²) in [7, 11) is 0. The number of piperidine rings is 3. The molecule has 0 spiro atoms. The highest BCUT2D eigenvalue weighted by Crippen LogP contribution is 2.37. The zero-order chi connectivity index (χ0) is 21.0. The number of nitrogens with one attached hydrogen (secondary N) is 1. The van der Waals surface area contributed by atoms with Crippen LogP contribution in [0.3, 0.4) is 0 Å². The maximum Gasteiger partial charge on any atom is 0.229 e. The number of amides is 1. The Morgan fingerprint density at radius 1 is 1.10 bits per heavy atom. The van der Waals surface area contributed by atoms with E-state index in [2.05, 4.69) is 20.5 Å². The Labute approximate surface area is 182 Å². The Bertz CT molecular complexity index is 1010. The van der Waals surface area contributed by atoms with E-state index in [1.165, 1.54) is 0 Å². The molecule has 7 nitrogen and oxygen atoms in total. The van der Waals surface area contributed by atoms with Crippen molar-refractivity contribution in [3.05, 3.63) is 72.6 Å². The minimum absolute atomic E-state index is 0.0517. The first-order valence-electron chi connectivity index (χ1n) is 10.9. The first kappa shape index (κ1) is 19.8. The number of anilines is 1. The molecule has 3 fully saturated rings. The van der Waals surface area contributed by atoms with Crippen LogP contribution in [0.25, 0.3) is 0 Å². The number of carbonyl (C=O) groups is 1. The molecule has 1 unspecified atom stereocenters. The quantitative estimate of drug-likeness (QED) is 0.639. The van der Waals surface area contributed by atoms with Gasteiger partial charge >= 0.3 is 0 Å². The molecule has 1 aromatic heterocycles. The number of nitrogens with zero attached hydrogens (tertiary/aromatic N) is 4. The summed E-state index contributed by atoms with van der Waals surface area (Å²) in [6, 6.07) is 19.8. The van der Waals surface area contributed by atoms with Crippen molar-refractivity contribution in [3.63, 3.8) is 0 Å². The SMILES string of the molecule is O=C(Nc1ccccc1)[C@@H]1CN2CC[C@@H]1C[C@@H]2Cn1cc(COc2ccccc2)nn1. The topological polar surface area (TPSA) is 72.3 Å². The molecule has 4 atom stereocenters. The van der Waals surface area contributed by atoms with Crippen LogP contribution in [-0.4, -0.2) is 44.9 Å². The maximum atomic E-state index is 12.8. The lowest BCUT2D eigenvalue weighted by molar-refractivity contribution is -0.127. The average molecular weight is 418 g/mol. The molecule has 4 heterocycles. The number of carbonyl (C=O) groups excluding carboxylic acids is 1. The summed E-state index contributed by atoms with van der Waals surface area (Å²) < 4.78 is 7.67. The third-order valence-corrected chi connectivity index (χ3v) is 6.37. The lowest BCUT2D eigenvalue weighted by atomic mass is 9.75. The van der Waals surface area contributed by atoms with Crippen LogP contribution in [0.1, 0.15) is 18.5 Å². The Morgan fingerprint density at radius 3 is 2.61 bits per heavy atom. The zero-order valence-corrected chi connectivity index (χ0v) is 17.4. The van der Waals surface area contributed by atoms with Crippen molar-refractivity contribution in [1.29, 1.82) is 0 Å². The molecular formula is C24H27N5O2. The van der Waals surface area contributed by atoms with Crippen LogP contribution in [0.5, 0.6) is 5.75 Å². The molecular weight excluding hydrogens is 390 g/mol. The van der Waals surface area contributed by atoms with Crippen molar-refractivity contribution in [2.75, 3.05) is 18.4 Å². The van der Waals surface area contributed by atoms with Crippen molar-refractivity contribution in [1.82, 2.24) is 19.9 Å². The number of fused-ring (bicyclic) bond motifs is 3. The molecule has 2 aromatic carbocycles. The van der Waals surface area contributed by atoms with E-state index >= 15 is 0 Å². The molecule has 3 aromatic rings. The van der Waals surface area contributed by atoms with E-state index in [1.807, 2.05) is 71.5 Å². The second-order valence-corrected chi connectivity index (χ2v) is 8.43. The van der Waals surface area contributed by atoms with Gasteiger partial charge in [-0.15, -0.1) is 5.10 Å². The second-order valence-electron chi connectivity index (χ2n) is 8.43. The summed E-state index contributed by atoms with van der Waals surface area (Å²) in [4.78, 5) is 15.3. The first-order chi connectivity index (χ1) is 15.2. The van der Waals surface area contributed by atoms with Crippen LogP contribution < -0.4 is 10.1 Å². The van der Waals surface area contributed by atoms with Gasteiger partial charge in [0.25, 0.3) is 0 Å². The lowest BCUT2D eigenvalue weighted by Gasteiger charge is -2.49. The van der Waals surface area contributed by atoms with Crippen molar-refractivity contribution in [2.24, 2.45) is 11.8 Å². The Balaban J connectivity index is 1.15. The number of ether oxygens (including phenoxy) is 1. The molecule has 3 aliphatic heterocycles. The summed E-state index contributed by atoms with van der Waals surface area (Å²) in [6.07, 6.45) is 4.06. The van der Waals surface area contributed by atoms with E-state index in [1.54, 1.807) is 0 Å². The Morgan fingerprint density at radius 2 is 1.87 bits per heavy atom. The summed E-state index contributed by atoms with van der Waals surface area (Å²) in [6.45, 7) is 3.06. The van der Waals surface area contributed by atoms with Crippen LogP contribution >= 0.6 is 0 Å². The Kier molecular flexibility index (Phi) is 5.67. The molecule has 0 aliphatic carbocycles. The number of aromatic nitrogens is 3. The van der Waals surface area contributed by atoms with Crippen molar-refractivity contribution < 1.29 is 9.53 Å². The van der Waals surface area contributed by atoms with E-state index in [0.29, 0.717) is 18.6 Å². The fourth-order valence-corrected chi connectivity index (χ4v) is 4.77. The van der Waals surface area contributed by atoms with E-state index in [-0.39, 0.29) is 11.8 Å². The number of rotatable bonds is 7. The van der Waals surface area contributed by atoms with Crippen molar-refractivity contribution >= 4 is 11.6 Å². The van der Waals surface area contributed by atoms with Gasteiger partial charge < -0.3 is 10.1 Å². The molecule has 2 bridgehead atoms. The summed E-state index contributed by atoms with van der Waals surface area (Å²) in [5.41, 5.74) is 1.69. The fraction of sp³-hybridized carbons (Fsp3) is 0.375. The molecule has 1 amide bonds. The maximum absolute atomic E-state index is 12.8. The highest BCUT2D eigenvalue weighted by molar-refractivity contribution is 5.93. The molecule has 6 rings (SSSR count). The highest BCUT2D eigenvalue weighted by atomic mass is 16.5. The summed E-state index contributed by atoms with van der Waals surface area (Å²) in [5, 5.41) is 11.6. The predicted octanol–water partition coefficient (Wildman–Crippen LogP) is 3.21. The minimum atomic E-state index is 0.0517. The van der Waals surface area contributed by atoms with Gasteiger partial charge in [-0.3, -0.25) is 14.4 Å². The van der Waals surface area contributed by atoms with E-state index in [4.69, 9.17) is 4.74 Å². The smallest absolute Gasteiger partial charge is 0.229 e. The molecule has 1 N–H and O–H groups in total. The van der Waals surface area contributed by atoms with E-state index in [9.17, 15) is 4.79 Å². The van der Waals surface area contributed by atoms with Gasteiger partial charge in [0.2, 0.25) is 5.91 Å². The standard InChI is InChI=1S/C24H27N5O2/c30-24(25-19-7-3-1-4-8-19)23-16-28-12-11-18(23)13-21(28)15-29-14-20(26-27-29)17-31-22-9-5-2-6-10-22/h1-10,14,18,21,23H,11-13,15-17H2,(H,25,30)/t18-,21-,23-/m1/s1. The van der Waals surface area contributed by atoms with Crippen LogP contribution in [0.4, 0.5) is 5.69 Å². The third-order valence-electron chi connectivity index (χ3n) is 6.37. The largest absolute Gasteiger partial charge is 0.487 e. The van der Waals surface area contributed by atoms with Gasteiger partial charge in [-0.1, -0.05) is 41.6 Å². The third kappa shape index (κ3) is 4.61. The monoisotopic (exact) mass is 417 g/mol. The van der Waals surface area contributed by atoms with Gasteiger partial charge in [0, 0.05) is 18.3 Å². The van der Waals surface area contributed by atoms with Gasteiger partial charge in [-0.05, 0) is 49.6 Å². The molecule has 31 heavy (non-hydrogen) atoms. The number of para-hydroxylation sites is 2.